The van der Waals surface area contributed by atoms with Crippen molar-refractivity contribution in [1.29, 1.82) is 0 Å². The smallest absolute Gasteiger partial charge is 0.331 e. The van der Waals surface area contributed by atoms with Gasteiger partial charge in [0.05, 0.1) is 0 Å². The first-order valence-electron chi connectivity index (χ1n) is 8.19. The van der Waals surface area contributed by atoms with E-state index in [4.69, 9.17) is 0 Å². The van der Waals surface area contributed by atoms with E-state index >= 15 is 0 Å². The van der Waals surface area contributed by atoms with Crippen LogP contribution in [0.3, 0.4) is 0 Å². The molecular formula is C17H18N6O2. The van der Waals surface area contributed by atoms with E-state index in [1.165, 1.54) is 0 Å². The van der Waals surface area contributed by atoms with Crippen LogP contribution >= 0.6 is 0 Å². The van der Waals surface area contributed by atoms with E-state index in [1.807, 2.05) is 37.4 Å². The minimum atomic E-state index is -0.617. The molecule has 3 aromatic rings. The zero-order valence-electron chi connectivity index (χ0n) is 14.0. The molecule has 3 amide bonds. The van der Waals surface area contributed by atoms with Gasteiger partial charge in [-0.05, 0) is 25.5 Å². The Bertz CT molecular complexity index is 973. The number of carbonyl (C=O) groups excluding carboxylic acids is 2. The lowest BCUT2D eigenvalue weighted by Gasteiger charge is -2.12. The van der Waals surface area contributed by atoms with Crippen molar-refractivity contribution in [3.63, 3.8) is 0 Å². The largest absolute Gasteiger partial charge is 0.361 e. The Kier molecular flexibility index (Phi) is 3.52. The van der Waals surface area contributed by atoms with Gasteiger partial charge in [0, 0.05) is 30.1 Å². The van der Waals surface area contributed by atoms with E-state index in [0.717, 1.165) is 21.4 Å². The minimum Gasteiger partial charge on any atom is -0.361 e. The normalized spacial score (nSPS) is 17.5. The minimum absolute atomic E-state index is 0.268. The second kappa shape index (κ2) is 5.73. The average Bonchev–Trinajstić information content (AvgIpc) is 3.25. The molecule has 25 heavy (non-hydrogen) atoms. The number of imide groups is 1. The summed E-state index contributed by atoms with van der Waals surface area (Å²) >= 11 is 0. The maximum absolute atomic E-state index is 12.8. The Hall–Kier alpha value is -3.16. The van der Waals surface area contributed by atoms with Crippen molar-refractivity contribution >= 4 is 28.8 Å². The van der Waals surface area contributed by atoms with Crippen molar-refractivity contribution in [3.8, 4) is 0 Å². The van der Waals surface area contributed by atoms with Crippen molar-refractivity contribution in [3.05, 3.63) is 41.9 Å². The maximum Gasteiger partial charge on any atom is 0.331 e. The van der Waals surface area contributed by atoms with Gasteiger partial charge >= 0.3 is 6.03 Å². The Morgan fingerprint density at radius 3 is 2.84 bits per heavy atom. The first-order chi connectivity index (χ1) is 12.1. The number of carbonyl (C=O) groups is 2. The molecular weight excluding hydrogens is 320 g/mol. The van der Waals surface area contributed by atoms with Crippen molar-refractivity contribution in [1.82, 2.24) is 25.1 Å². The number of anilines is 1. The summed E-state index contributed by atoms with van der Waals surface area (Å²) in [5.74, 6) is 0.485. The molecule has 8 nitrogen and oxygen atoms in total. The predicted octanol–water partition coefficient (Wildman–Crippen LogP) is 1.76. The predicted molar refractivity (Wildman–Crippen MR) is 92.2 cm³/mol. The Morgan fingerprint density at radius 2 is 2.04 bits per heavy atom. The van der Waals surface area contributed by atoms with Crippen LogP contribution in [0.1, 0.15) is 18.3 Å². The number of urea groups is 1. The summed E-state index contributed by atoms with van der Waals surface area (Å²) in [6.07, 6.45) is 2.30. The van der Waals surface area contributed by atoms with Gasteiger partial charge < -0.3 is 10.3 Å². The van der Waals surface area contributed by atoms with Crippen molar-refractivity contribution < 1.29 is 9.59 Å². The van der Waals surface area contributed by atoms with Crippen LogP contribution in [0.15, 0.2) is 30.5 Å². The molecule has 0 saturated carbocycles. The standard InChI is InChI=1S/C17H18N6O2/c1-3-22-16(19-10(2)21-22)23-15(24)14(20-17(23)25)8-11-9-18-13-7-5-4-6-12(11)13/h4-7,9,14,18H,3,8H2,1-2H3,(H,20,25)/t14-/m0/s1. The molecule has 2 N–H and O–H groups in total. The molecule has 3 heterocycles. The van der Waals surface area contributed by atoms with Gasteiger partial charge in [-0.2, -0.15) is 15.0 Å². The highest BCUT2D eigenvalue weighted by Crippen LogP contribution is 2.23. The van der Waals surface area contributed by atoms with Crippen LogP contribution < -0.4 is 10.2 Å². The van der Waals surface area contributed by atoms with Crippen molar-refractivity contribution in [2.75, 3.05) is 4.90 Å². The van der Waals surface area contributed by atoms with Crippen LogP contribution in [0.2, 0.25) is 0 Å². The lowest BCUT2D eigenvalue weighted by Crippen LogP contribution is -2.34. The molecule has 2 aromatic heterocycles. The van der Waals surface area contributed by atoms with Gasteiger partial charge in [-0.1, -0.05) is 18.2 Å². The van der Waals surface area contributed by atoms with Crippen LogP contribution in [-0.4, -0.2) is 37.7 Å². The zero-order chi connectivity index (χ0) is 17.6. The number of H-pyrrole nitrogens is 1. The fraction of sp³-hybridized carbons (Fsp3) is 0.294. The molecule has 8 heteroatoms. The fourth-order valence-electron chi connectivity index (χ4n) is 3.20. The lowest BCUT2D eigenvalue weighted by molar-refractivity contribution is -0.118. The third-order valence-corrected chi connectivity index (χ3v) is 4.38. The van der Waals surface area contributed by atoms with Gasteiger partial charge in [0.15, 0.2) is 0 Å². The summed E-state index contributed by atoms with van der Waals surface area (Å²) in [5.41, 5.74) is 2.00. The van der Waals surface area contributed by atoms with E-state index in [0.29, 0.717) is 18.8 Å². The number of aryl methyl sites for hydroxylation is 2. The van der Waals surface area contributed by atoms with Crippen LogP contribution in [0, 0.1) is 6.92 Å². The Balaban J connectivity index is 1.63. The number of aromatic amines is 1. The van der Waals surface area contributed by atoms with Gasteiger partial charge in [0.25, 0.3) is 5.91 Å². The van der Waals surface area contributed by atoms with Gasteiger partial charge in [-0.3, -0.25) is 4.79 Å². The number of benzene rings is 1. The van der Waals surface area contributed by atoms with Gasteiger partial charge in [0.1, 0.15) is 11.9 Å². The number of rotatable bonds is 4. The molecule has 1 aromatic carbocycles. The Labute approximate surface area is 143 Å². The number of fused-ring (bicyclic) bond motifs is 1. The maximum atomic E-state index is 12.8. The summed E-state index contributed by atoms with van der Waals surface area (Å²) < 4.78 is 1.56. The lowest BCUT2D eigenvalue weighted by atomic mass is 10.1. The van der Waals surface area contributed by atoms with E-state index in [2.05, 4.69) is 20.4 Å². The van der Waals surface area contributed by atoms with E-state index in [-0.39, 0.29) is 11.9 Å². The SMILES string of the molecule is CCn1nc(C)nc1N1C(=O)N[C@@H](Cc2c[nH]c3ccccc23)C1=O. The first-order valence-corrected chi connectivity index (χ1v) is 8.19. The van der Waals surface area contributed by atoms with Gasteiger partial charge in [-0.25, -0.2) is 9.48 Å². The molecule has 1 aliphatic heterocycles. The molecule has 0 bridgehead atoms. The van der Waals surface area contributed by atoms with Crippen LogP contribution in [0.4, 0.5) is 10.7 Å². The third-order valence-electron chi connectivity index (χ3n) is 4.38. The van der Waals surface area contributed by atoms with Crippen molar-refractivity contribution in [2.45, 2.75) is 32.9 Å². The number of nitrogens with zero attached hydrogens (tertiary/aromatic N) is 4. The second-order valence-corrected chi connectivity index (χ2v) is 6.01. The molecule has 1 saturated heterocycles. The molecule has 1 aliphatic rings. The summed E-state index contributed by atoms with van der Waals surface area (Å²) in [7, 11) is 0. The van der Waals surface area contributed by atoms with Crippen molar-refractivity contribution in [2.24, 2.45) is 0 Å². The fourth-order valence-corrected chi connectivity index (χ4v) is 3.20. The Morgan fingerprint density at radius 1 is 1.24 bits per heavy atom. The highest BCUT2D eigenvalue weighted by molar-refractivity contribution is 6.20. The average molecular weight is 338 g/mol. The highest BCUT2D eigenvalue weighted by Gasteiger charge is 2.41. The molecule has 0 unspecified atom stereocenters. The van der Waals surface area contributed by atoms with Crippen LogP contribution in [0.25, 0.3) is 10.9 Å². The van der Waals surface area contributed by atoms with Crippen LogP contribution in [-0.2, 0) is 17.8 Å². The molecule has 0 spiro atoms. The summed E-state index contributed by atoms with van der Waals surface area (Å²) in [6.45, 7) is 4.15. The van der Waals surface area contributed by atoms with E-state index in [1.54, 1.807) is 11.6 Å². The zero-order valence-corrected chi connectivity index (χ0v) is 14.0. The topological polar surface area (TPSA) is 95.9 Å². The molecule has 4 rings (SSSR count). The summed E-state index contributed by atoms with van der Waals surface area (Å²) in [4.78, 5) is 33.7. The quantitative estimate of drug-likeness (QED) is 0.709. The molecule has 1 atom stereocenters. The number of amides is 3. The number of hydrogen-bond donors (Lipinski definition) is 2. The molecule has 0 aliphatic carbocycles. The number of aromatic nitrogens is 4. The summed E-state index contributed by atoms with van der Waals surface area (Å²) in [5, 5.41) is 8.02. The second-order valence-electron chi connectivity index (χ2n) is 6.01. The van der Waals surface area contributed by atoms with E-state index in [9.17, 15) is 9.59 Å². The number of hydrogen-bond acceptors (Lipinski definition) is 4. The molecule has 1 fully saturated rings. The summed E-state index contributed by atoms with van der Waals surface area (Å²) in [6, 6.07) is 6.80. The van der Waals surface area contributed by atoms with Crippen LogP contribution in [0.5, 0.6) is 0 Å². The van der Waals surface area contributed by atoms with Gasteiger partial charge in [-0.15, -0.1) is 0 Å². The van der Waals surface area contributed by atoms with Gasteiger partial charge in [0.2, 0.25) is 5.95 Å². The monoisotopic (exact) mass is 338 g/mol. The molecule has 0 radical (unpaired) electrons. The molecule has 128 valence electrons. The highest BCUT2D eigenvalue weighted by atomic mass is 16.2. The first kappa shape index (κ1) is 15.4. The number of nitrogens with one attached hydrogen (secondary N) is 2. The number of para-hydroxylation sites is 1. The van der Waals surface area contributed by atoms with E-state index < -0.39 is 12.1 Å². The third kappa shape index (κ3) is 2.46.